The highest BCUT2D eigenvalue weighted by molar-refractivity contribution is 7.80. The monoisotopic (exact) mass is 298 g/mol. The summed E-state index contributed by atoms with van der Waals surface area (Å²) in [6.07, 6.45) is 3.48. The van der Waals surface area contributed by atoms with Crippen LogP contribution in [0.5, 0.6) is 0 Å². The molecule has 0 aliphatic heterocycles. The fourth-order valence-electron chi connectivity index (χ4n) is 1.95. The summed E-state index contributed by atoms with van der Waals surface area (Å²) in [5.74, 6) is 0. The molecule has 0 bridgehead atoms. The fourth-order valence-corrected chi connectivity index (χ4v) is 2.09. The summed E-state index contributed by atoms with van der Waals surface area (Å²) in [4.78, 5) is 3.98. The Labute approximate surface area is 130 Å². The van der Waals surface area contributed by atoms with Crippen LogP contribution in [-0.4, -0.2) is 15.8 Å². The third kappa shape index (κ3) is 4.10. The van der Waals surface area contributed by atoms with Crippen molar-refractivity contribution in [2.24, 2.45) is 5.10 Å². The maximum absolute atomic E-state index is 5.28. The molecule has 21 heavy (non-hydrogen) atoms. The third-order valence-corrected chi connectivity index (χ3v) is 3.34. The van der Waals surface area contributed by atoms with Crippen molar-refractivity contribution >= 4 is 28.7 Å². The second kappa shape index (κ2) is 6.95. The first kappa shape index (κ1) is 15.1. The van der Waals surface area contributed by atoms with Crippen molar-refractivity contribution < 1.29 is 0 Å². The second-order valence-corrected chi connectivity index (χ2v) is 5.17. The van der Waals surface area contributed by atoms with Crippen LogP contribution in [0.25, 0.3) is 0 Å². The van der Waals surface area contributed by atoms with E-state index < -0.39 is 0 Å². The van der Waals surface area contributed by atoms with Crippen molar-refractivity contribution in [2.45, 2.75) is 20.8 Å². The average molecular weight is 298 g/mol. The SMILES string of the molecule is C/C(=N/NC(=S)Nc1c(C)cccc1C)c1ccncc1. The molecule has 1 heterocycles. The Hall–Kier alpha value is -2.27. The molecule has 0 amide bonds. The van der Waals surface area contributed by atoms with E-state index in [0.29, 0.717) is 5.11 Å². The number of hydrogen-bond donors (Lipinski definition) is 2. The van der Waals surface area contributed by atoms with Gasteiger partial charge in [0.1, 0.15) is 0 Å². The summed E-state index contributed by atoms with van der Waals surface area (Å²) in [5.41, 5.74) is 8.04. The topological polar surface area (TPSA) is 49.3 Å². The molecule has 2 rings (SSSR count). The molecule has 4 nitrogen and oxygen atoms in total. The van der Waals surface area contributed by atoms with E-state index in [2.05, 4.69) is 20.8 Å². The number of aromatic nitrogens is 1. The molecule has 0 aliphatic rings. The number of thiocarbonyl (C=S) groups is 1. The van der Waals surface area contributed by atoms with E-state index in [1.54, 1.807) is 12.4 Å². The summed E-state index contributed by atoms with van der Waals surface area (Å²) in [6.45, 7) is 6.01. The van der Waals surface area contributed by atoms with Gasteiger partial charge in [0.05, 0.1) is 5.71 Å². The molecule has 0 saturated carbocycles. The van der Waals surface area contributed by atoms with E-state index in [9.17, 15) is 0 Å². The van der Waals surface area contributed by atoms with E-state index in [1.807, 2.05) is 51.1 Å². The molecule has 5 heteroatoms. The number of aryl methyl sites for hydroxylation is 2. The van der Waals surface area contributed by atoms with Gasteiger partial charge in [0.25, 0.3) is 0 Å². The average Bonchev–Trinajstić information content (AvgIpc) is 2.49. The number of benzene rings is 1. The number of hydrogen-bond acceptors (Lipinski definition) is 3. The van der Waals surface area contributed by atoms with Crippen LogP contribution in [0, 0.1) is 13.8 Å². The minimum atomic E-state index is 0.473. The normalized spacial score (nSPS) is 11.1. The molecule has 1 aromatic heterocycles. The summed E-state index contributed by atoms with van der Waals surface area (Å²) in [7, 11) is 0. The van der Waals surface area contributed by atoms with E-state index in [0.717, 1.165) is 28.1 Å². The lowest BCUT2D eigenvalue weighted by Crippen LogP contribution is -2.25. The van der Waals surface area contributed by atoms with Crippen LogP contribution in [0.4, 0.5) is 5.69 Å². The van der Waals surface area contributed by atoms with Gasteiger partial charge in [-0.3, -0.25) is 10.4 Å². The van der Waals surface area contributed by atoms with Crippen LogP contribution in [0.3, 0.4) is 0 Å². The van der Waals surface area contributed by atoms with Crippen molar-refractivity contribution in [1.29, 1.82) is 0 Å². The Morgan fingerprint density at radius 3 is 2.33 bits per heavy atom. The molecule has 2 N–H and O–H groups in total. The second-order valence-electron chi connectivity index (χ2n) is 4.77. The van der Waals surface area contributed by atoms with Crippen molar-refractivity contribution in [2.75, 3.05) is 5.32 Å². The maximum atomic E-state index is 5.28. The fraction of sp³-hybridized carbons (Fsp3) is 0.188. The first-order valence-electron chi connectivity index (χ1n) is 6.66. The number of anilines is 1. The first-order chi connectivity index (χ1) is 10.1. The molecule has 2 aromatic rings. The lowest BCUT2D eigenvalue weighted by molar-refractivity contribution is 1.04. The molecule has 1 aromatic carbocycles. The predicted molar refractivity (Wildman–Crippen MR) is 91.7 cm³/mol. The molecule has 0 aliphatic carbocycles. The van der Waals surface area contributed by atoms with Gasteiger partial charge in [0, 0.05) is 23.6 Å². The molecule has 0 radical (unpaired) electrons. The quantitative estimate of drug-likeness (QED) is 0.518. The molecule has 0 fully saturated rings. The van der Waals surface area contributed by atoms with Gasteiger partial charge in [-0.25, -0.2) is 0 Å². The minimum Gasteiger partial charge on any atom is -0.331 e. The molecular formula is C16H18N4S. The van der Waals surface area contributed by atoms with E-state index in [1.165, 1.54) is 0 Å². The van der Waals surface area contributed by atoms with Gasteiger partial charge in [-0.05, 0) is 56.2 Å². The molecule has 108 valence electrons. The van der Waals surface area contributed by atoms with Crippen molar-refractivity contribution in [3.8, 4) is 0 Å². The number of para-hydroxylation sites is 1. The van der Waals surface area contributed by atoms with Crippen LogP contribution in [0.2, 0.25) is 0 Å². The number of pyridine rings is 1. The molecule has 0 saturated heterocycles. The molecule has 0 unspecified atom stereocenters. The number of nitrogens with one attached hydrogen (secondary N) is 2. The third-order valence-electron chi connectivity index (χ3n) is 3.14. The van der Waals surface area contributed by atoms with Gasteiger partial charge in [-0.1, -0.05) is 18.2 Å². The van der Waals surface area contributed by atoms with Gasteiger partial charge in [0.2, 0.25) is 0 Å². The highest BCUT2D eigenvalue weighted by Crippen LogP contribution is 2.19. The Kier molecular flexibility index (Phi) is 5.00. The van der Waals surface area contributed by atoms with Gasteiger partial charge in [-0.2, -0.15) is 5.10 Å². The van der Waals surface area contributed by atoms with Crippen molar-refractivity contribution in [3.05, 3.63) is 59.4 Å². The van der Waals surface area contributed by atoms with Crippen LogP contribution >= 0.6 is 12.2 Å². The zero-order valence-corrected chi connectivity index (χ0v) is 13.2. The Bertz CT molecular complexity index is 645. The Balaban J connectivity index is 2.03. The maximum Gasteiger partial charge on any atom is 0.191 e. The number of hydrazone groups is 1. The Morgan fingerprint density at radius 1 is 1.10 bits per heavy atom. The zero-order chi connectivity index (χ0) is 15.2. The lowest BCUT2D eigenvalue weighted by Gasteiger charge is -2.13. The zero-order valence-electron chi connectivity index (χ0n) is 12.3. The minimum absolute atomic E-state index is 0.473. The Morgan fingerprint density at radius 2 is 1.71 bits per heavy atom. The standard InChI is InChI=1S/C16H18N4S/c1-11-5-4-6-12(2)15(11)18-16(21)20-19-13(3)14-7-9-17-10-8-14/h4-10H,1-3H3,(H2,18,20,21)/b19-13-. The molecule has 0 spiro atoms. The lowest BCUT2D eigenvalue weighted by atomic mass is 10.1. The number of nitrogens with zero attached hydrogens (tertiary/aromatic N) is 2. The first-order valence-corrected chi connectivity index (χ1v) is 7.06. The molecule has 0 atom stereocenters. The van der Waals surface area contributed by atoms with E-state index >= 15 is 0 Å². The summed E-state index contributed by atoms with van der Waals surface area (Å²) in [6, 6.07) is 9.93. The van der Waals surface area contributed by atoms with Crippen LogP contribution < -0.4 is 10.7 Å². The largest absolute Gasteiger partial charge is 0.331 e. The smallest absolute Gasteiger partial charge is 0.191 e. The van der Waals surface area contributed by atoms with Crippen LogP contribution in [0.15, 0.2) is 47.8 Å². The molecular weight excluding hydrogens is 280 g/mol. The van der Waals surface area contributed by atoms with Gasteiger partial charge in [-0.15, -0.1) is 0 Å². The van der Waals surface area contributed by atoms with Gasteiger partial charge >= 0.3 is 0 Å². The highest BCUT2D eigenvalue weighted by atomic mass is 32.1. The van der Waals surface area contributed by atoms with Crippen LogP contribution in [0.1, 0.15) is 23.6 Å². The predicted octanol–water partition coefficient (Wildman–Crippen LogP) is 3.41. The summed E-state index contributed by atoms with van der Waals surface area (Å²) < 4.78 is 0. The van der Waals surface area contributed by atoms with Gasteiger partial charge < -0.3 is 5.32 Å². The summed E-state index contributed by atoms with van der Waals surface area (Å²) >= 11 is 5.28. The van der Waals surface area contributed by atoms with Crippen LogP contribution in [-0.2, 0) is 0 Å². The van der Waals surface area contributed by atoms with Gasteiger partial charge in [0.15, 0.2) is 5.11 Å². The van der Waals surface area contributed by atoms with Crippen molar-refractivity contribution in [1.82, 2.24) is 10.4 Å². The summed E-state index contributed by atoms with van der Waals surface area (Å²) in [5, 5.41) is 7.94. The highest BCUT2D eigenvalue weighted by Gasteiger charge is 2.04. The number of rotatable bonds is 3. The van der Waals surface area contributed by atoms with Crippen molar-refractivity contribution in [3.63, 3.8) is 0 Å². The van der Waals surface area contributed by atoms with E-state index in [-0.39, 0.29) is 0 Å². The van der Waals surface area contributed by atoms with E-state index in [4.69, 9.17) is 12.2 Å².